The van der Waals surface area contributed by atoms with E-state index in [9.17, 15) is 14.7 Å². The number of carbonyl (C=O) groups excluding carboxylic acids is 1. The van der Waals surface area contributed by atoms with E-state index in [2.05, 4.69) is 15.3 Å². The van der Waals surface area contributed by atoms with Gasteiger partial charge in [-0.2, -0.15) is 5.10 Å². The summed E-state index contributed by atoms with van der Waals surface area (Å²) in [5.41, 5.74) is 2.42. The fourth-order valence-corrected chi connectivity index (χ4v) is 1.23. The van der Waals surface area contributed by atoms with Gasteiger partial charge in [0.1, 0.15) is 11.3 Å². The van der Waals surface area contributed by atoms with Crippen molar-refractivity contribution >= 4 is 34.4 Å². The molecular weight excluding hydrogens is 276 g/mol. The molecule has 0 spiro atoms. The molecule has 0 aliphatic rings. The van der Waals surface area contributed by atoms with Crippen LogP contribution < -0.4 is 5.43 Å². The van der Waals surface area contributed by atoms with Gasteiger partial charge in [-0.15, -0.1) is 0 Å². The summed E-state index contributed by atoms with van der Waals surface area (Å²) in [4.78, 5) is 21.8. The highest BCUT2D eigenvalue weighted by Gasteiger charge is 2.11. The normalized spacial score (nSPS) is 10.9. The molecule has 0 aliphatic carbocycles. The van der Waals surface area contributed by atoms with E-state index in [1.54, 1.807) is 6.92 Å². The van der Waals surface area contributed by atoms with E-state index in [4.69, 9.17) is 16.7 Å². The number of hydrogen-bond acceptors (Lipinski definition) is 6. The topological polar surface area (TPSA) is 108 Å². The van der Waals surface area contributed by atoms with Gasteiger partial charge in [-0.1, -0.05) is 11.6 Å². The number of nitrogens with one attached hydrogen (secondary N) is 1. The Morgan fingerprint density at radius 3 is 2.68 bits per heavy atom. The lowest BCUT2D eigenvalue weighted by Gasteiger charge is -2.04. The molecule has 0 unspecified atom stereocenters. The third-order valence-electron chi connectivity index (χ3n) is 1.96. The van der Waals surface area contributed by atoms with E-state index >= 15 is 0 Å². The molecule has 19 heavy (non-hydrogen) atoms. The molecule has 0 aliphatic heterocycles. The highest BCUT2D eigenvalue weighted by molar-refractivity contribution is 6.82. The van der Waals surface area contributed by atoms with E-state index < -0.39 is 22.9 Å². The van der Waals surface area contributed by atoms with Crippen molar-refractivity contribution in [2.45, 2.75) is 6.92 Å². The van der Waals surface area contributed by atoms with E-state index in [1.807, 2.05) is 0 Å². The van der Waals surface area contributed by atoms with Crippen LogP contribution in [-0.2, 0) is 9.53 Å². The van der Waals surface area contributed by atoms with Crippen molar-refractivity contribution in [1.29, 1.82) is 0 Å². The first-order chi connectivity index (χ1) is 8.95. The molecule has 1 rings (SSSR count). The molecular formula is C11H11ClN2O5. The number of aromatic hydroxyl groups is 1. The molecule has 1 aromatic rings. The molecule has 0 amide bonds. The lowest BCUT2D eigenvalue weighted by molar-refractivity contribution is -0.134. The van der Waals surface area contributed by atoms with Gasteiger partial charge in [-0.3, -0.25) is 5.43 Å². The fraction of sp³-hybridized carbons (Fsp3) is 0.182. The summed E-state index contributed by atoms with van der Waals surface area (Å²) < 4.78 is 4.60. The first kappa shape index (κ1) is 14.8. The number of benzene rings is 1. The van der Waals surface area contributed by atoms with Gasteiger partial charge in [-0.25, -0.2) is 9.59 Å². The van der Waals surface area contributed by atoms with E-state index in [1.165, 1.54) is 12.1 Å². The van der Waals surface area contributed by atoms with Crippen LogP contribution in [0.4, 0.5) is 5.69 Å². The predicted octanol–water partition coefficient (Wildman–Crippen LogP) is 1.62. The summed E-state index contributed by atoms with van der Waals surface area (Å²) in [6, 6.07) is 3.69. The smallest absolute Gasteiger partial charge is 0.370 e. The lowest BCUT2D eigenvalue weighted by atomic mass is 10.2. The number of carbonyl (C=O) groups is 2. The molecule has 0 bridgehead atoms. The molecule has 0 saturated heterocycles. The second-order valence-electron chi connectivity index (χ2n) is 3.27. The largest absolute Gasteiger partial charge is 0.507 e. The van der Waals surface area contributed by atoms with Gasteiger partial charge in [0.15, 0.2) is 0 Å². The molecule has 7 nitrogen and oxygen atoms in total. The Balaban J connectivity index is 2.79. The number of hydrogen-bond donors (Lipinski definition) is 3. The van der Waals surface area contributed by atoms with Crippen LogP contribution in [0.25, 0.3) is 0 Å². The minimum atomic E-state index is -1.25. The third-order valence-corrected chi connectivity index (χ3v) is 2.19. The average Bonchev–Trinajstić information content (AvgIpc) is 2.35. The third kappa shape index (κ3) is 4.14. The van der Waals surface area contributed by atoms with Crippen molar-refractivity contribution in [2.24, 2.45) is 5.10 Å². The monoisotopic (exact) mass is 286 g/mol. The molecule has 8 heteroatoms. The van der Waals surface area contributed by atoms with Gasteiger partial charge in [-0.05, 0) is 19.1 Å². The molecule has 1 aromatic carbocycles. The Morgan fingerprint density at radius 1 is 1.47 bits per heavy atom. The van der Waals surface area contributed by atoms with Crippen molar-refractivity contribution < 1.29 is 24.5 Å². The molecule has 3 N–H and O–H groups in total. The Bertz CT molecular complexity index is 530. The van der Waals surface area contributed by atoms with E-state index in [0.717, 1.165) is 6.07 Å². The summed E-state index contributed by atoms with van der Waals surface area (Å²) >= 11 is 5.54. The van der Waals surface area contributed by atoms with Gasteiger partial charge in [0, 0.05) is 6.07 Å². The Hall–Kier alpha value is -2.28. The minimum absolute atomic E-state index is 0.165. The van der Waals surface area contributed by atoms with Crippen molar-refractivity contribution in [3.63, 3.8) is 0 Å². The zero-order valence-corrected chi connectivity index (χ0v) is 10.6. The zero-order chi connectivity index (χ0) is 14.4. The highest BCUT2D eigenvalue weighted by atomic mass is 35.5. The number of ether oxygens (including phenoxy) is 1. The molecule has 0 radical (unpaired) electrons. The SMILES string of the molecule is CCOC(=O)/C(Cl)=N\Nc1ccc(C(=O)O)c(O)c1. The highest BCUT2D eigenvalue weighted by Crippen LogP contribution is 2.21. The molecule has 0 heterocycles. The summed E-state index contributed by atoms with van der Waals surface area (Å²) in [6.45, 7) is 1.79. The number of aromatic carboxylic acids is 1. The molecule has 0 aromatic heterocycles. The van der Waals surface area contributed by atoms with Crippen LogP contribution in [0.3, 0.4) is 0 Å². The Labute approximate surface area is 113 Å². The van der Waals surface area contributed by atoms with Crippen LogP contribution in [0.15, 0.2) is 23.3 Å². The van der Waals surface area contributed by atoms with Gasteiger partial charge >= 0.3 is 11.9 Å². The zero-order valence-electron chi connectivity index (χ0n) is 9.88. The van der Waals surface area contributed by atoms with Crippen molar-refractivity contribution in [1.82, 2.24) is 0 Å². The summed E-state index contributed by atoms with van der Waals surface area (Å²) in [6.07, 6.45) is 0. The number of esters is 1. The fourth-order valence-electron chi connectivity index (χ4n) is 1.13. The van der Waals surface area contributed by atoms with Crippen LogP contribution in [0.5, 0.6) is 5.75 Å². The lowest BCUT2D eigenvalue weighted by Crippen LogP contribution is -2.13. The number of hydrazone groups is 1. The first-order valence-electron chi connectivity index (χ1n) is 5.18. The van der Waals surface area contributed by atoms with E-state index in [-0.39, 0.29) is 17.9 Å². The number of rotatable bonds is 5. The quantitative estimate of drug-likeness (QED) is 0.431. The number of anilines is 1. The van der Waals surface area contributed by atoms with Gasteiger partial charge in [0.25, 0.3) is 0 Å². The number of carboxylic acid groups (broad SMARTS) is 1. The Morgan fingerprint density at radius 2 is 2.16 bits per heavy atom. The molecule has 0 fully saturated rings. The van der Waals surface area contributed by atoms with Gasteiger partial charge in [0.05, 0.1) is 12.3 Å². The number of nitrogens with zero attached hydrogens (tertiary/aromatic N) is 1. The molecule has 0 atom stereocenters. The number of carboxylic acids is 1. The maximum absolute atomic E-state index is 11.1. The van der Waals surface area contributed by atoms with Crippen LogP contribution in [0.1, 0.15) is 17.3 Å². The van der Waals surface area contributed by atoms with E-state index in [0.29, 0.717) is 0 Å². The van der Waals surface area contributed by atoms with Crippen LogP contribution in [-0.4, -0.2) is 33.9 Å². The van der Waals surface area contributed by atoms with Crippen LogP contribution >= 0.6 is 11.6 Å². The van der Waals surface area contributed by atoms with Crippen molar-refractivity contribution in [2.75, 3.05) is 12.0 Å². The second kappa shape index (κ2) is 6.60. The maximum Gasteiger partial charge on any atom is 0.370 e. The standard InChI is InChI=1S/C11H11ClN2O5/c1-2-19-11(18)9(12)14-13-6-3-4-7(10(16)17)8(15)5-6/h3-5,13,15H,2H2,1H3,(H,16,17)/b14-9+. The second-order valence-corrected chi connectivity index (χ2v) is 3.63. The maximum atomic E-state index is 11.1. The minimum Gasteiger partial charge on any atom is -0.507 e. The van der Waals surface area contributed by atoms with Gasteiger partial charge < -0.3 is 14.9 Å². The predicted molar refractivity (Wildman–Crippen MR) is 68.6 cm³/mol. The van der Waals surface area contributed by atoms with Crippen LogP contribution in [0, 0.1) is 0 Å². The van der Waals surface area contributed by atoms with Gasteiger partial charge in [0.2, 0.25) is 5.17 Å². The first-order valence-corrected chi connectivity index (χ1v) is 5.56. The number of phenols is 1. The van der Waals surface area contributed by atoms with Crippen molar-refractivity contribution in [3.05, 3.63) is 23.8 Å². The molecule has 102 valence electrons. The number of halogens is 1. The summed E-state index contributed by atoms with van der Waals surface area (Å²) in [7, 11) is 0. The Kier molecular flexibility index (Phi) is 5.13. The molecule has 0 saturated carbocycles. The summed E-state index contributed by atoms with van der Waals surface area (Å²) in [5, 5.41) is 21.3. The average molecular weight is 287 g/mol. The summed E-state index contributed by atoms with van der Waals surface area (Å²) in [5.74, 6) is -2.47. The van der Waals surface area contributed by atoms with Crippen molar-refractivity contribution in [3.8, 4) is 5.75 Å². The van der Waals surface area contributed by atoms with Crippen LogP contribution in [0.2, 0.25) is 0 Å².